The first-order chi connectivity index (χ1) is 10.6. The topological polar surface area (TPSA) is 64.2 Å². The standard InChI is InChI=1S/C17H16N2O3/c1-12-3-2-4-14(11-12)16(20)18-7-9-19-8-5-13-6-10-22-15(13)17(19)21/h2-6,8,10-11H,7,9H2,1H3,(H,18,20). The second-order valence-corrected chi connectivity index (χ2v) is 5.14. The summed E-state index contributed by atoms with van der Waals surface area (Å²) in [4.78, 5) is 24.2. The minimum atomic E-state index is -0.188. The Morgan fingerprint density at radius 3 is 2.95 bits per heavy atom. The van der Waals surface area contributed by atoms with Crippen molar-refractivity contribution in [3.63, 3.8) is 0 Å². The summed E-state index contributed by atoms with van der Waals surface area (Å²) in [6.45, 7) is 2.71. The van der Waals surface area contributed by atoms with Crippen molar-refractivity contribution in [2.75, 3.05) is 6.54 Å². The Morgan fingerprint density at radius 1 is 1.27 bits per heavy atom. The highest BCUT2D eigenvalue weighted by atomic mass is 16.3. The molecule has 0 bridgehead atoms. The third kappa shape index (κ3) is 2.79. The van der Waals surface area contributed by atoms with Gasteiger partial charge in [0.1, 0.15) is 0 Å². The smallest absolute Gasteiger partial charge is 0.294 e. The number of benzene rings is 1. The number of hydrogen-bond donors (Lipinski definition) is 1. The molecule has 22 heavy (non-hydrogen) atoms. The number of carbonyl (C=O) groups excluding carboxylic acids is 1. The first-order valence-electron chi connectivity index (χ1n) is 7.07. The molecule has 3 rings (SSSR count). The number of carbonyl (C=O) groups is 1. The molecule has 5 heteroatoms. The Hall–Kier alpha value is -2.82. The third-order valence-corrected chi connectivity index (χ3v) is 3.50. The molecule has 0 aliphatic rings. The highest BCUT2D eigenvalue weighted by molar-refractivity contribution is 5.94. The maximum Gasteiger partial charge on any atom is 0.294 e. The van der Waals surface area contributed by atoms with Gasteiger partial charge in [0.2, 0.25) is 0 Å². The van der Waals surface area contributed by atoms with Crippen molar-refractivity contribution in [3.8, 4) is 0 Å². The summed E-state index contributed by atoms with van der Waals surface area (Å²) in [7, 11) is 0. The van der Waals surface area contributed by atoms with Crippen LogP contribution in [0.3, 0.4) is 0 Å². The van der Waals surface area contributed by atoms with Gasteiger partial charge in [0.15, 0.2) is 5.58 Å². The van der Waals surface area contributed by atoms with Crippen LogP contribution in [0.2, 0.25) is 0 Å². The van der Waals surface area contributed by atoms with Gasteiger partial charge in [0, 0.05) is 30.2 Å². The van der Waals surface area contributed by atoms with E-state index in [4.69, 9.17) is 4.42 Å². The predicted molar refractivity (Wildman–Crippen MR) is 84.0 cm³/mol. The molecule has 0 aliphatic heterocycles. The average Bonchev–Trinajstić information content (AvgIpc) is 2.99. The van der Waals surface area contributed by atoms with Gasteiger partial charge < -0.3 is 14.3 Å². The van der Waals surface area contributed by atoms with E-state index in [1.54, 1.807) is 18.3 Å². The molecule has 1 amide bonds. The van der Waals surface area contributed by atoms with E-state index < -0.39 is 0 Å². The molecule has 0 saturated carbocycles. The van der Waals surface area contributed by atoms with Crippen LogP contribution in [-0.2, 0) is 6.54 Å². The van der Waals surface area contributed by atoms with Crippen LogP contribution in [0.15, 0.2) is 58.1 Å². The van der Waals surface area contributed by atoms with Crippen LogP contribution in [0.4, 0.5) is 0 Å². The fourth-order valence-electron chi connectivity index (χ4n) is 2.35. The number of hydrogen-bond acceptors (Lipinski definition) is 3. The molecule has 0 unspecified atom stereocenters. The van der Waals surface area contributed by atoms with Crippen molar-refractivity contribution in [2.45, 2.75) is 13.5 Å². The predicted octanol–water partition coefficient (Wildman–Crippen LogP) is 2.33. The number of pyridine rings is 1. The van der Waals surface area contributed by atoms with E-state index >= 15 is 0 Å². The zero-order chi connectivity index (χ0) is 15.5. The number of rotatable bonds is 4. The Kier molecular flexibility index (Phi) is 3.78. The maximum atomic E-state index is 12.1. The van der Waals surface area contributed by atoms with Crippen LogP contribution in [-0.4, -0.2) is 17.0 Å². The number of amides is 1. The van der Waals surface area contributed by atoms with E-state index in [9.17, 15) is 9.59 Å². The molecule has 0 aliphatic carbocycles. The molecule has 2 heterocycles. The zero-order valence-corrected chi connectivity index (χ0v) is 12.2. The lowest BCUT2D eigenvalue weighted by Crippen LogP contribution is -2.30. The average molecular weight is 296 g/mol. The molecular weight excluding hydrogens is 280 g/mol. The SMILES string of the molecule is Cc1cccc(C(=O)NCCn2ccc3ccoc3c2=O)c1. The van der Waals surface area contributed by atoms with E-state index in [0.717, 1.165) is 10.9 Å². The van der Waals surface area contributed by atoms with Crippen molar-refractivity contribution in [2.24, 2.45) is 0 Å². The fourth-order valence-corrected chi connectivity index (χ4v) is 2.35. The molecule has 1 N–H and O–H groups in total. The molecule has 3 aromatic rings. The zero-order valence-electron chi connectivity index (χ0n) is 12.2. The highest BCUT2D eigenvalue weighted by Crippen LogP contribution is 2.09. The minimum Gasteiger partial charge on any atom is -0.459 e. The molecule has 0 saturated heterocycles. The third-order valence-electron chi connectivity index (χ3n) is 3.50. The molecule has 0 fully saturated rings. The van der Waals surface area contributed by atoms with Crippen LogP contribution < -0.4 is 10.9 Å². The van der Waals surface area contributed by atoms with Gasteiger partial charge in [-0.25, -0.2) is 0 Å². The largest absolute Gasteiger partial charge is 0.459 e. The van der Waals surface area contributed by atoms with E-state index in [1.165, 1.54) is 10.8 Å². The summed E-state index contributed by atoms with van der Waals surface area (Å²) in [5.41, 5.74) is 1.81. The first kappa shape index (κ1) is 14.1. The Balaban J connectivity index is 1.66. The van der Waals surface area contributed by atoms with Gasteiger partial charge in [-0.2, -0.15) is 0 Å². The van der Waals surface area contributed by atoms with Crippen molar-refractivity contribution in [1.29, 1.82) is 0 Å². The molecular formula is C17H16N2O3. The normalized spacial score (nSPS) is 10.8. The molecule has 112 valence electrons. The molecule has 2 aromatic heterocycles. The monoisotopic (exact) mass is 296 g/mol. The van der Waals surface area contributed by atoms with Crippen LogP contribution in [0.5, 0.6) is 0 Å². The molecule has 5 nitrogen and oxygen atoms in total. The summed E-state index contributed by atoms with van der Waals surface area (Å²) < 4.78 is 6.71. The quantitative estimate of drug-likeness (QED) is 0.803. The molecule has 0 radical (unpaired) electrons. The number of fused-ring (bicyclic) bond motifs is 1. The summed E-state index contributed by atoms with van der Waals surface area (Å²) in [5.74, 6) is -0.143. The second-order valence-electron chi connectivity index (χ2n) is 5.14. The number of aromatic nitrogens is 1. The summed E-state index contributed by atoms with van der Waals surface area (Å²) in [5, 5.41) is 3.60. The Bertz CT molecular complexity index is 877. The maximum absolute atomic E-state index is 12.1. The summed E-state index contributed by atoms with van der Waals surface area (Å²) >= 11 is 0. The Labute approximate surface area is 127 Å². The van der Waals surface area contributed by atoms with Gasteiger partial charge in [-0.15, -0.1) is 0 Å². The second kappa shape index (κ2) is 5.89. The first-order valence-corrected chi connectivity index (χ1v) is 7.07. The highest BCUT2D eigenvalue weighted by Gasteiger charge is 2.07. The van der Waals surface area contributed by atoms with Gasteiger partial charge >= 0.3 is 0 Å². The number of furan rings is 1. The number of aryl methyl sites for hydroxylation is 1. The van der Waals surface area contributed by atoms with E-state index in [2.05, 4.69) is 5.32 Å². The van der Waals surface area contributed by atoms with E-state index in [1.807, 2.05) is 31.2 Å². The lowest BCUT2D eigenvalue weighted by molar-refractivity contribution is 0.0952. The van der Waals surface area contributed by atoms with Crippen LogP contribution >= 0.6 is 0 Å². The van der Waals surface area contributed by atoms with Gasteiger partial charge in [0.25, 0.3) is 11.5 Å². The van der Waals surface area contributed by atoms with Crippen molar-refractivity contribution in [1.82, 2.24) is 9.88 Å². The summed E-state index contributed by atoms with van der Waals surface area (Å²) in [6, 6.07) is 11.0. The van der Waals surface area contributed by atoms with Crippen molar-refractivity contribution in [3.05, 3.63) is 70.3 Å². The van der Waals surface area contributed by atoms with Crippen LogP contribution in [0.25, 0.3) is 11.0 Å². The molecule has 1 aromatic carbocycles. The van der Waals surface area contributed by atoms with Crippen LogP contribution in [0, 0.1) is 6.92 Å². The number of nitrogens with zero attached hydrogens (tertiary/aromatic N) is 1. The van der Waals surface area contributed by atoms with Gasteiger partial charge in [0.05, 0.1) is 6.26 Å². The molecule has 0 spiro atoms. The van der Waals surface area contributed by atoms with Crippen molar-refractivity contribution >= 4 is 16.9 Å². The number of nitrogens with one attached hydrogen (secondary N) is 1. The molecule has 0 atom stereocenters. The van der Waals surface area contributed by atoms with Gasteiger partial charge in [-0.05, 0) is 31.2 Å². The van der Waals surface area contributed by atoms with E-state index in [-0.39, 0.29) is 11.5 Å². The van der Waals surface area contributed by atoms with Gasteiger partial charge in [-0.3, -0.25) is 9.59 Å². The van der Waals surface area contributed by atoms with Crippen LogP contribution in [0.1, 0.15) is 15.9 Å². The van der Waals surface area contributed by atoms with Crippen molar-refractivity contribution < 1.29 is 9.21 Å². The van der Waals surface area contributed by atoms with E-state index in [0.29, 0.717) is 24.2 Å². The fraction of sp³-hybridized carbons (Fsp3) is 0.176. The summed E-state index contributed by atoms with van der Waals surface area (Å²) in [6.07, 6.45) is 3.20. The Morgan fingerprint density at radius 2 is 2.14 bits per heavy atom. The lowest BCUT2D eigenvalue weighted by atomic mass is 10.1. The minimum absolute atomic E-state index is 0.143. The lowest BCUT2D eigenvalue weighted by Gasteiger charge is -2.08. The van der Waals surface area contributed by atoms with Gasteiger partial charge in [-0.1, -0.05) is 17.7 Å².